The molecule has 0 bridgehead atoms. The fourth-order valence-corrected chi connectivity index (χ4v) is 2.99. The molecule has 2 heterocycles. The van der Waals surface area contributed by atoms with Crippen molar-refractivity contribution in [2.24, 2.45) is 0 Å². The zero-order chi connectivity index (χ0) is 13.7. The third-order valence-corrected chi connectivity index (χ3v) is 4.17. The lowest BCUT2D eigenvalue weighted by Crippen LogP contribution is -2.40. The van der Waals surface area contributed by atoms with Crippen molar-refractivity contribution in [3.63, 3.8) is 0 Å². The van der Waals surface area contributed by atoms with Gasteiger partial charge in [0.1, 0.15) is 0 Å². The van der Waals surface area contributed by atoms with E-state index in [1.807, 2.05) is 18.7 Å². The second kappa shape index (κ2) is 8.34. The Labute approximate surface area is 128 Å². The number of nitrogens with zero attached hydrogens (tertiary/aromatic N) is 1. The van der Waals surface area contributed by atoms with Crippen molar-refractivity contribution in [3.05, 3.63) is 28.7 Å². The Morgan fingerprint density at radius 1 is 1.55 bits per heavy atom. The van der Waals surface area contributed by atoms with Gasteiger partial charge in [-0.1, -0.05) is 0 Å². The summed E-state index contributed by atoms with van der Waals surface area (Å²) in [5.41, 5.74) is 0.626. The summed E-state index contributed by atoms with van der Waals surface area (Å²) in [5.74, 6) is 2.07. The van der Waals surface area contributed by atoms with E-state index in [1.54, 1.807) is 16.8 Å². The number of aromatic nitrogens is 1. The van der Waals surface area contributed by atoms with Gasteiger partial charge in [-0.15, -0.1) is 12.4 Å². The van der Waals surface area contributed by atoms with E-state index in [1.165, 1.54) is 6.07 Å². The summed E-state index contributed by atoms with van der Waals surface area (Å²) in [7, 11) is 0. The largest absolute Gasteiger partial charge is 0.325 e. The maximum absolute atomic E-state index is 11.9. The van der Waals surface area contributed by atoms with Gasteiger partial charge in [-0.2, -0.15) is 11.8 Å². The molecule has 1 aliphatic heterocycles. The third-order valence-electron chi connectivity index (χ3n) is 3.04. The molecular weight excluding hydrogens is 298 g/mol. The van der Waals surface area contributed by atoms with Gasteiger partial charge < -0.3 is 15.2 Å². The maximum atomic E-state index is 11.9. The first-order chi connectivity index (χ1) is 9.19. The van der Waals surface area contributed by atoms with E-state index < -0.39 is 0 Å². The standard InChI is InChI=1S/C13H19N3O2S.ClH/c1-2-16-8-10(3-4-13(16)18)15-12(17)7-11-9-19-6-5-14-11;/h3-4,8,11,14H,2,5-7,9H2,1H3,(H,15,17);1H. The van der Waals surface area contributed by atoms with E-state index in [2.05, 4.69) is 10.6 Å². The molecule has 1 amide bonds. The molecule has 7 heteroatoms. The predicted octanol–water partition coefficient (Wildman–Crippen LogP) is 1.32. The molecule has 2 N–H and O–H groups in total. The minimum absolute atomic E-state index is 0. The molecule has 0 saturated carbocycles. The first-order valence-corrected chi connectivity index (χ1v) is 7.66. The molecule has 1 atom stereocenters. The smallest absolute Gasteiger partial charge is 0.250 e. The number of hydrogen-bond donors (Lipinski definition) is 2. The fourth-order valence-electron chi connectivity index (χ4n) is 2.04. The molecule has 0 spiro atoms. The van der Waals surface area contributed by atoms with Crippen LogP contribution in [0.1, 0.15) is 13.3 Å². The van der Waals surface area contributed by atoms with Gasteiger partial charge in [-0.3, -0.25) is 9.59 Å². The van der Waals surface area contributed by atoms with Gasteiger partial charge in [0.2, 0.25) is 5.91 Å². The second-order valence-corrected chi connectivity index (χ2v) is 5.67. The summed E-state index contributed by atoms with van der Waals surface area (Å²) in [5, 5.41) is 6.17. The SMILES string of the molecule is CCn1cc(NC(=O)CC2CSCCN2)ccc1=O.Cl. The first-order valence-electron chi connectivity index (χ1n) is 6.50. The van der Waals surface area contributed by atoms with Gasteiger partial charge in [-0.05, 0) is 13.0 Å². The molecule has 0 radical (unpaired) electrons. The highest BCUT2D eigenvalue weighted by molar-refractivity contribution is 7.99. The molecule has 1 saturated heterocycles. The number of hydrogen-bond acceptors (Lipinski definition) is 4. The molecule has 0 aromatic carbocycles. The maximum Gasteiger partial charge on any atom is 0.250 e. The van der Waals surface area contributed by atoms with Crippen molar-refractivity contribution in [1.29, 1.82) is 0 Å². The van der Waals surface area contributed by atoms with Crippen molar-refractivity contribution in [2.75, 3.05) is 23.4 Å². The summed E-state index contributed by atoms with van der Waals surface area (Å²) in [4.78, 5) is 23.4. The Morgan fingerprint density at radius 2 is 2.35 bits per heavy atom. The number of nitrogens with one attached hydrogen (secondary N) is 2. The average Bonchev–Trinajstić information content (AvgIpc) is 2.42. The number of pyridine rings is 1. The number of aryl methyl sites for hydroxylation is 1. The molecule has 1 fully saturated rings. The summed E-state index contributed by atoms with van der Waals surface area (Å²) in [6, 6.07) is 3.37. The topological polar surface area (TPSA) is 63.1 Å². The molecule has 1 unspecified atom stereocenters. The number of rotatable bonds is 4. The Bertz CT molecular complexity index is 501. The van der Waals surface area contributed by atoms with E-state index in [0.29, 0.717) is 18.7 Å². The summed E-state index contributed by atoms with van der Waals surface area (Å²) < 4.78 is 1.57. The molecule has 0 aliphatic carbocycles. The monoisotopic (exact) mass is 317 g/mol. The minimum Gasteiger partial charge on any atom is -0.325 e. The van der Waals surface area contributed by atoms with E-state index in [0.717, 1.165) is 18.1 Å². The van der Waals surface area contributed by atoms with Crippen molar-refractivity contribution in [2.45, 2.75) is 25.9 Å². The number of carbonyl (C=O) groups is 1. The molecular formula is C13H20ClN3O2S. The number of carbonyl (C=O) groups excluding carboxylic acids is 1. The van der Waals surface area contributed by atoms with Crippen LogP contribution in [0.3, 0.4) is 0 Å². The van der Waals surface area contributed by atoms with Crippen LogP contribution in [0.2, 0.25) is 0 Å². The summed E-state index contributed by atoms with van der Waals surface area (Å²) in [6.07, 6.45) is 2.15. The van der Waals surface area contributed by atoms with Crippen molar-refractivity contribution >= 4 is 35.8 Å². The quantitative estimate of drug-likeness (QED) is 0.879. The lowest BCUT2D eigenvalue weighted by atomic mass is 10.2. The van der Waals surface area contributed by atoms with Crippen molar-refractivity contribution in [1.82, 2.24) is 9.88 Å². The van der Waals surface area contributed by atoms with Gasteiger partial charge in [0.15, 0.2) is 0 Å². The Balaban J connectivity index is 0.00000200. The zero-order valence-electron chi connectivity index (χ0n) is 11.4. The van der Waals surface area contributed by atoms with Gasteiger partial charge in [0.25, 0.3) is 5.56 Å². The van der Waals surface area contributed by atoms with Gasteiger partial charge in [-0.25, -0.2) is 0 Å². The number of anilines is 1. The normalized spacial score (nSPS) is 18.1. The van der Waals surface area contributed by atoms with Crippen molar-refractivity contribution < 1.29 is 4.79 Å². The minimum atomic E-state index is -0.0501. The van der Waals surface area contributed by atoms with Crippen molar-refractivity contribution in [3.8, 4) is 0 Å². The van der Waals surface area contributed by atoms with Crippen LogP contribution in [-0.2, 0) is 11.3 Å². The van der Waals surface area contributed by atoms with Crippen LogP contribution < -0.4 is 16.2 Å². The van der Waals surface area contributed by atoms with E-state index >= 15 is 0 Å². The van der Waals surface area contributed by atoms with E-state index in [-0.39, 0.29) is 29.9 Å². The lowest BCUT2D eigenvalue weighted by Gasteiger charge is -2.22. The Hall–Kier alpha value is -0.980. The van der Waals surface area contributed by atoms with Crippen LogP contribution in [0, 0.1) is 0 Å². The highest BCUT2D eigenvalue weighted by Crippen LogP contribution is 2.11. The van der Waals surface area contributed by atoms with E-state index in [4.69, 9.17) is 0 Å². The highest BCUT2D eigenvalue weighted by Gasteiger charge is 2.16. The van der Waals surface area contributed by atoms with Crippen LogP contribution in [-0.4, -0.2) is 34.6 Å². The summed E-state index contributed by atoms with van der Waals surface area (Å²) in [6.45, 7) is 3.46. The third kappa shape index (κ3) is 4.85. The molecule has 1 aromatic rings. The van der Waals surface area contributed by atoms with Crippen LogP contribution in [0.4, 0.5) is 5.69 Å². The number of thioether (sulfide) groups is 1. The molecule has 2 rings (SSSR count). The molecule has 20 heavy (non-hydrogen) atoms. The first kappa shape index (κ1) is 17.1. The highest BCUT2D eigenvalue weighted by atomic mass is 35.5. The van der Waals surface area contributed by atoms with E-state index in [9.17, 15) is 9.59 Å². The molecule has 5 nitrogen and oxygen atoms in total. The Kier molecular flexibility index (Phi) is 7.12. The van der Waals surface area contributed by atoms with Gasteiger partial charge in [0.05, 0.1) is 5.69 Å². The number of halogens is 1. The molecule has 1 aliphatic rings. The lowest BCUT2D eigenvalue weighted by molar-refractivity contribution is -0.116. The van der Waals surface area contributed by atoms with Gasteiger partial charge >= 0.3 is 0 Å². The van der Waals surface area contributed by atoms with Crippen LogP contribution >= 0.6 is 24.2 Å². The number of amides is 1. The predicted molar refractivity (Wildman–Crippen MR) is 86.0 cm³/mol. The molecule has 112 valence electrons. The Morgan fingerprint density at radius 3 is 3.00 bits per heavy atom. The summed E-state index contributed by atoms with van der Waals surface area (Å²) >= 11 is 1.87. The average molecular weight is 318 g/mol. The van der Waals surface area contributed by atoms with Crippen LogP contribution in [0.25, 0.3) is 0 Å². The van der Waals surface area contributed by atoms with Gasteiger partial charge in [0, 0.05) is 49.3 Å². The second-order valence-electron chi connectivity index (χ2n) is 4.52. The van der Waals surface area contributed by atoms with Crippen LogP contribution in [0.15, 0.2) is 23.1 Å². The zero-order valence-corrected chi connectivity index (χ0v) is 13.1. The molecule has 1 aromatic heterocycles. The fraction of sp³-hybridized carbons (Fsp3) is 0.538. The van der Waals surface area contributed by atoms with Crippen LogP contribution in [0.5, 0.6) is 0 Å².